The van der Waals surface area contributed by atoms with E-state index in [0.717, 1.165) is 0 Å². The number of hydrogen-bond acceptors (Lipinski definition) is 2. The molecule has 0 unspecified atom stereocenters. The van der Waals surface area contributed by atoms with Gasteiger partial charge < -0.3 is 4.90 Å². The van der Waals surface area contributed by atoms with Crippen molar-refractivity contribution in [3.63, 3.8) is 0 Å². The predicted molar refractivity (Wildman–Crippen MR) is 69.6 cm³/mol. The van der Waals surface area contributed by atoms with E-state index in [-0.39, 0.29) is 17.9 Å². The van der Waals surface area contributed by atoms with Gasteiger partial charge >= 0.3 is 0 Å². The van der Waals surface area contributed by atoms with Crippen molar-refractivity contribution in [2.75, 3.05) is 11.9 Å². The zero-order valence-electron chi connectivity index (χ0n) is 10.4. The van der Waals surface area contributed by atoms with Crippen LogP contribution in [0.5, 0.6) is 0 Å². The Morgan fingerprint density at radius 3 is 2.47 bits per heavy atom. The average Bonchev–Trinajstić information content (AvgIpc) is 2.41. The van der Waals surface area contributed by atoms with E-state index in [1.54, 1.807) is 42.3 Å². The highest BCUT2D eigenvalue weighted by Gasteiger charge is 2.10. The van der Waals surface area contributed by atoms with Crippen LogP contribution in [0.4, 0.5) is 14.5 Å². The van der Waals surface area contributed by atoms with E-state index in [1.807, 2.05) is 6.07 Å². The Hall–Kier alpha value is -2.41. The molecule has 0 bridgehead atoms. The molecule has 2 aromatic rings. The number of anilines is 1. The van der Waals surface area contributed by atoms with Crippen molar-refractivity contribution >= 4 is 5.69 Å². The van der Waals surface area contributed by atoms with Gasteiger partial charge in [-0.3, -0.25) is 0 Å². The van der Waals surface area contributed by atoms with Crippen molar-refractivity contribution in [2.24, 2.45) is 0 Å². The van der Waals surface area contributed by atoms with Gasteiger partial charge in [0.2, 0.25) is 0 Å². The normalized spacial score (nSPS) is 10.0. The topological polar surface area (TPSA) is 27.0 Å². The number of hydrogen-bond donors (Lipinski definition) is 0. The predicted octanol–water partition coefficient (Wildman–Crippen LogP) is 3.47. The molecule has 96 valence electrons. The van der Waals surface area contributed by atoms with E-state index in [2.05, 4.69) is 0 Å². The van der Waals surface area contributed by atoms with Gasteiger partial charge in [0, 0.05) is 19.2 Å². The second-order valence-corrected chi connectivity index (χ2v) is 4.23. The first kappa shape index (κ1) is 13.0. The lowest BCUT2D eigenvalue weighted by Gasteiger charge is -2.20. The molecule has 0 aliphatic carbocycles. The Labute approximate surface area is 110 Å². The Morgan fingerprint density at radius 2 is 1.84 bits per heavy atom. The van der Waals surface area contributed by atoms with Crippen molar-refractivity contribution in [1.29, 1.82) is 5.26 Å². The molecule has 0 saturated heterocycles. The summed E-state index contributed by atoms with van der Waals surface area (Å²) in [5.41, 5.74) is 1.10. The third kappa shape index (κ3) is 2.89. The maximum absolute atomic E-state index is 13.7. The van der Waals surface area contributed by atoms with Gasteiger partial charge in [-0.1, -0.05) is 18.2 Å². The lowest BCUT2D eigenvalue weighted by Crippen LogP contribution is -2.18. The fourth-order valence-electron chi connectivity index (χ4n) is 1.85. The van der Waals surface area contributed by atoms with Crippen molar-refractivity contribution < 1.29 is 8.78 Å². The smallest absolute Gasteiger partial charge is 0.146 e. The molecule has 2 rings (SSSR count). The highest BCUT2D eigenvalue weighted by molar-refractivity contribution is 5.47. The third-order valence-electron chi connectivity index (χ3n) is 2.85. The minimum atomic E-state index is -0.456. The van der Waals surface area contributed by atoms with Gasteiger partial charge in [-0.25, -0.2) is 8.78 Å². The average molecular weight is 258 g/mol. The van der Waals surface area contributed by atoms with Gasteiger partial charge in [-0.15, -0.1) is 0 Å². The molecular weight excluding hydrogens is 246 g/mol. The molecule has 0 saturated carbocycles. The summed E-state index contributed by atoms with van der Waals surface area (Å²) in [6.45, 7) is 0.235. The fourth-order valence-corrected chi connectivity index (χ4v) is 1.85. The number of rotatable bonds is 3. The summed E-state index contributed by atoms with van der Waals surface area (Å²) in [7, 11) is 1.69. The Bertz CT molecular complexity index is 632. The maximum atomic E-state index is 13.7. The molecular formula is C15H12F2N2. The second-order valence-electron chi connectivity index (χ2n) is 4.23. The van der Waals surface area contributed by atoms with Gasteiger partial charge in [0.1, 0.15) is 11.6 Å². The number of nitriles is 1. The summed E-state index contributed by atoms with van der Waals surface area (Å²) in [4.78, 5) is 1.62. The molecule has 2 aromatic carbocycles. The van der Waals surface area contributed by atoms with E-state index < -0.39 is 5.82 Å². The van der Waals surface area contributed by atoms with Crippen LogP contribution in [-0.2, 0) is 6.54 Å². The SMILES string of the molecule is CN(Cc1ccc(C#N)cc1F)c1ccccc1F. The highest BCUT2D eigenvalue weighted by atomic mass is 19.1. The molecule has 0 aromatic heterocycles. The van der Waals surface area contributed by atoms with E-state index >= 15 is 0 Å². The van der Waals surface area contributed by atoms with Crippen molar-refractivity contribution in [3.05, 3.63) is 65.2 Å². The molecule has 0 fully saturated rings. The molecule has 0 radical (unpaired) electrons. The molecule has 0 atom stereocenters. The molecule has 0 aliphatic rings. The van der Waals surface area contributed by atoms with Crippen LogP contribution in [0.2, 0.25) is 0 Å². The third-order valence-corrected chi connectivity index (χ3v) is 2.85. The molecule has 4 heteroatoms. The Morgan fingerprint density at radius 1 is 1.11 bits per heavy atom. The molecule has 2 nitrogen and oxygen atoms in total. The van der Waals surface area contributed by atoms with Crippen LogP contribution in [0.1, 0.15) is 11.1 Å². The van der Waals surface area contributed by atoms with Crippen LogP contribution in [0.15, 0.2) is 42.5 Å². The first-order valence-corrected chi connectivity index (χ1v) is 5.76. The van der Waals surface area contributed by atoms with Crippen LogP contribution < -0.4 is 4.90 Å². The minimum Gasteiger partial charge on any atom is -0.368 e. The summed E-state index contributed by atoms with van der Waals surface area (Å²) in [5.74, 6) is -0.804. The zero-order chi connectivity index (χ0) is 13.8. The Balaban J connectivity index is 2.22. The molecule has 0 amide bonds. The number of benzene rings is 2. The monoisotopic (exact) mass is 258 g/mol. The lowest BCUT2D eigenvalue weighted by atomic mass is 10.1. The first-order valence-electron chi connectivity index (χ1n) is 5.76. The second kappa shape index (κ2) is 5.49. The standard InChI is InChI=1S/C15H12F2N2/c1-19(15-5-3-2-4-13(15)16)10-12-7-6-11(9-18)8-14(12)17/h2-8H,10H2,1H3. The number of para-hydroxylation sites is 1. The minimum absolute atomic E-state index is 0.235. The first-order chi connectivity index (χ1) is 9.11. The largest absolute Gasteiger partial charge is 0.368 e. The van der Waals surface area contributed by atoms with Crippen LogP contribution in [0.25, 0.3) is 0 Å². The zero-order valence-corrected chi connectivity index (χ0v) is 10.4. The van der Waals surface area contributed by atoms with Crippen LogP contribution in [0, 0.1) is 23.0 Å². The molecule has 0 aliphatic heterocycles. The van der Waals surface area contributed by atoms with Gasteiger partial charge in [0.05, 0.1) is 17.3 Å². The van der Waals surface area contributed by atoms with Gasteiger partial charge in [-0.2, -0.15) is 5.26 Å². The molecule has 0 spiro atoms. The van der Waals surface area contributed by atoms with Crippen LogP contribution in [-0.4, -0.2) is 7.05 Å². The maximum Gasteiger partial charge on any atom is 0.146 e. The van der Waals surface area contributed by atoms with Crippen LogP contribution >= 0.6 is 0 Å². The quantitative estimate of drug-likeness (QED) is 0.842. The summed E-state index contributed by atoms with van der Waals surface area (Å²) in [5, 5.41) is 8.67. The highest BCUT2D eigenvalue weighted by Crippen LogP contribution is 2.20. The van der Waals surface area contributed by atoms with E-state index in [4.69, 9.17) is 5.26 Å². The molecule has 0 heterocycles. The number of halogens is 2. The summed E-state index contributed by atoms with van der Waals surface area (Å²) in [6, 6.07) is 12.5. The van der Waals surface area contributed by atoms with Crippen molar-refractivity contribution in [1.82, 2.24) is 0 Å². The Kier molecular flexibility index (Phi) is 3.76. The number of nitrogens with zero attached hydrogens (tertiary/aromatic N) is 2. The van der Waals surface area contributed by atoms with Gasteiger partial charge in [-0.05, 0) is 24.3 Å². The lowest BCUT2D eigenvalue weighted by molar-refractivity contribution is 0.600. The van der Waals surface area contributed by atoms with Crippen molar-refractivity contribution in [3.8, 4) is 6.07 Å². The summed E-state index contributed by atoms with van der Waals surface area (Å²) in [6.07, 6.45) is 0. The molecule has 0 N–H and O–H groups in total. The van der Waals surface area contributed by atoms with Crippen molar-refractivity contribution in [2.45, 2.75) is 6.54 Å². The van der Waals surface area contributed by atoms with E-state index in [0.29, 0.717) is 11.3 Å². The van der Waals surface area contributed by atoms with E-state index in [1.165, 1.54) is 12.1 Å². The van der Waals surface area contributed by atoms with Gasteiger partial charge in [0.25, 0.3) is 0 Å². The summed E-state index contributed by atoms with van der Waals surface area (Å²) < 4.78 is 27.3. The van der Waals surface area contributed by atoms with E-state index in [9.17, 15) is 8.78 Å². The molecule has 19 heavy (non-hydrogen) atoms. The van der Waals surface area contributed by atoms with Gasteiger partial charge in [0.15, 0.2) is 0 Å². The summed E-state index contributed by atoms with van der Waals surface area (Å²) >= 11 is 0. The van der Waals surface area contributed by atoms with Crippen LogP contribution in [0.3, 0.4) is 0 Å². The fraction of sp³-hybridized carbons (Fsp3) is 0.133.